The lowest BCUT2D eigenvalue weighted by Gasteiger charge is -2.32. The van der Waals surface area contributed by atoms with Crippen molar-refractivity contribution in [1.82, 2.24) is 10.2 Å². The van der Waals surface area contributed by atoms with Crippen LogP contribution in [0, 0.1) is 0 Å². The van der Waals surface area contributed by atoms with E-state index in [0.717, 1.165) is 18.4 Å². The Morgan fingerprint density at radius 3 is 2.07 bits per heavy atom. The first-order chi connectivity index (χ1) is 14.2. The predicted molar refractivity (Wildman–Crippen MR) is 115 cm³/mol. The minimum Gasteiger partial charge on any atom is -0.349 e. The molecule has 1 saturated heterocycles. The highest BCUT2D eigenvalue weighted by atomic mass is 16.2. The van der Waals surface area contributed by atoms with Crippen LogP contribution in [0.2, 0.25) is 0 Å². The molecule has 1 aliphatic carbocycles. The number of nitrogens with zero attached hydrogens (tertiary/aromatic N) is 1. The number of rotatable bonds is 4. The number of nitrogens with one attached hydrogen (secondary N) is 1. The van der Waals surface area contributed by atoms with Crippen molar-refractivity contribution in [1.29, 1.82) is 0 Å². The van der Waals surface area contributed by atoms with Crippen LogP contribution >= 0.6 is 0 Å². The van der Waals surface area contributed by atoms with E-state index in [-0.39, 0.29) is 17.9 Å². The van der Waals surface area contributed by atoms with Crippen molar-refractivity contribution in [2.24, 2.45) is 0 Å². The van der Waals surface area contributed by atoms with Crippen molar-refractivity contribution < 1.29 is 9.59 Å². The first-order valence-electron chi connectivity index (χ1n) is 11.0. The molecular weight excluding hydrogens is 360 g/mol. The molecule has 0 atom stereocenters. The second-order valence-electron chi connectivity index (χ2n) is 8.36. The van der Waals surface area contributed by atoms with Crippen LogP contribution in [-0.2, 0) is 0 Å². The van der Waals surface area contributed by atoms with Crippen molar-refractivity contribution in [2.75, 3.05) is 13.1 Å². The molecule has 0 unspecified atom stereocenters. The van der Waals surface area contributed by atoms with Crippen LogP contribution in [0.15, 0.2) is 54.6 Å². The predicted octanol–water partition coefficient (Wildman–Crippen LogP) is 4.77. The van der Waals surface area contributed by atoms with Gasteiger partial charge in [0, 0.05) is 30.3 Å². The molecule has 1 saturated carbocycles. The quantitative estimate of drug-likeness (QED) is 0.818. The second-order valence-corrected chi connectivity index (χ2v) is 8.36. The van der Waals surface area contributed by atoms with Crippen LogP contribution in [0.3, 0.4) is 0 Å². The molecule has 0 aromatic heterocycles. The van der Waals surface area contributed by atoms with Gasteiger partial charge in [0.25, 0.3) is 11.8 Å². The highest BCUT2D eigenvalue weighted by Crippen LogP contribution is 2.32. The summed E-state index contributed by atoms with van der Waals surface area (Å²) in [7, 11) is 0. The average molecular weight is 391 g/mol. The van der Waals surface area contributed by atoms with Crippen molar-refractivity contribution in [3.05, 3.63) is 71.3 Å². The van der Waals surface area contributed by atoms with Crippen LogP contribution in [-0.4, -0.2) is 35.8 Å². The van der Waals surface area contributed by atoms with Gasteiger partial charge in [0.2, 0.25) is 0 Å². The van der Waals surface area contributed by atoms with E-state index in [0.29, 0.717) is 24.6 Å². The lowest BCUT2D eigenvalue weighted by Crippen LogP contribution is -2.46. The maximum absolute atomic E-state index is 12.9. The number of piperidine rings is 1. The molecule has 0 radical (unpaired) electrons. The normalized spacial score (nSPS) is 18.4. The number of carbonyl (C=O) groups excluding carboxylic acids is 2. The molecule has 1 aliphatic heterocycles. The van der Waals surface area contributed by atoms with Gasteiger partial charge in [-0.25, -0.2) is 0 Å². The first kappa shape index (κ1) is 19.7. The Hall–Kier alpha value is -2.62. The number of carbonyl (C=O) groups is 2. The number of amides is 2. The zero-order valence-electron chi connectivity index (χ0n) is 17.0. The number of hydrogen-bond donors (Lipinski definition) is 1. The van der Waals surface area contributed by atoms with Gasteiger partial charge in [-0.05, 0) is 61.4 Å². The third kappa shape index (κ3) is 4.87. The summed E-state index contributed by atoms with van der Waals surface area (Å²) >= 11 is 0. The molecule has 0 spiro atoms. The molecule has 4 heteroatoms. The Balaban J connectivity index is 1.29. The van der Waals surface area contributed by atoms with Gasteiger partial charge in [-0.3, -0.25) is 9.59 Å². The Labute approximate surface area is 173 Å². The highest BCUT2D eigenvalue weighted by molar-refractivity contribution is 5.95. The molecule has 2 amide bonds. The molecule has 2 aliphatic rings. The van der Waals surface area contributed by atoms with E-state index in [1.165, 1.54) is 37.7 Å². The van der Waals surface area contributed by atoms with Gasteiger partial charge in [-0.2, -0.15) is 0 Å². The summed E-state index contributed by atoms with van der Waals surface area (Å²) in [6.07, 6.45) is 8.14. The summed E-state index contributed by atoms with van der Waals surface area (Å²) in [5.74, 6) is 0.735. The molecular formula is C25H30N2O2. The fraction of sp³-hybridized carbons (Fsp3) is 0.440. The summed E-state index contributed by atoms with van der Waals surface area (Å²) in [6.45, 7) is 1.37. The number of hydrogen-bond acceptors (Lipinski definition) is 2. The Kier molecular flexibility index (Phi) is 6.28. The van der Waals surface area contributed by atoms with E-state index in [4.69, 9.17) is 0 Å². The fourth-order valence-corrected chi connectivity index (χ4v) is 4.60. The van der Waals surface area contributed by atoms with Crippen LogP contribution in [0.25, 0.3) is 0 Å². The van der Waals surface area contributed by atoms with E-state index in [1.54, 1.807) is 0 Å². The molecule has 2 aromatic rings. The topological polar surface area (TPSA) is 49.4 Å². The molecule has 1 heterocycles. The Bertz CT molecular complexity index is 818. The van der Waals surface area contributed by atoms with Crippen molar-refractivity contribution in [3.63, 3.8) is 0 Å². The van der Waals surface area contributed by atoms with Gasteiger partial charge >= 0.3 is 0 Å². The molecule has 1 N–H and O–H groups in total. The molecule has 29 heavy (non-hydrogen) atoms. The van der Waals surface area contributed by atoms with Crippen LogP contribution in [0.4, 0.5) is 0 Å². The lowest BCUT2D eigenvalue weighted by molar-refractivity contribution is 0.0698. The smallest absolute Gasteiger partial charge is 0.253 e. The van der Waals surface area contributed by atoms with Crippen molar-refractivity contribution >= 4 is 11.8 Å². The van der Waals surface area contributed by atoms with E-state index in [1.807, 2.05) is 47.4 Å². The average Bonchev–Trinajstić information content (AvgIpc) is 2.80. The molecule has 2 fully saturated rings. The zero-order valence-corrected chi connectivity index (χ0v) is 17.0. The van der Waals surface area contributed by atoms with Crippen LogP contribution < -0.4 is 5.32 Å². The minimum atomic E-state index is -0.0336. The zero-order chi connectivity index (χ0) is 20.1. The van der Waals surface area contributed by atoms with Crippen LogP contribution in [0.1, 0.15) is 77.1 Å². The standard InChI is InChI=1S/C25H30N2O2/c28-24(21-9-5-2-6-10-21)26-23-15-17-27(18-16-23)25(29)22-13-11-20(12-14-22)19-7-3-1-4-8-19/h2,5-6,9-14,19,23H,1,3-4,7-8,15-18H2,(H,26,28). The Morgan fingerprint density at radius 1 is 0.759 bits per heavy atom. The van der Waals surface area contributed by atoms with E-state index < -0.39 is 0 Å². The summed E-state index contributed by atoms with van der Waals surface area (Å²) < 4.78 is 0. The molecule has 152 valence electrons. The van der Waals surface area contributed by atoms with E-state index in [9.17, 15) is 9.59 Å². The Morgan fingerprint density at radius 2 is 1.41 bits per heavy atom. The lowest BCUT2D eigenvalue weighted by atomic mass is 9.84. The number of likely N-dealkylation sites (tertiary alicyclic amines) is 1. The maximum atomic E-state index is 12.9. The molecule has 2 aromatic carbocycles. The minimum absolute atomic E-state index is 0.0336. The van der Waals surface area contributed by atoms with Gasteiger partial charge in [0.15, 0.2) is 0 Å². The third-order valence-electron chi connectivity index (χ3n) is 6.39. The number of benzene rings is 2. The van der Waals surface area contributed by atoms with Crippen molar-refractivity contribution in [3.8, 4) is 0 Å². The largest absolute Gasteiger partial charge is 0.349 e. The molecule has 0 bridgehead atoms. The third-order valence-corrected chi connectivity index (χ3v) is 6.39. The van der Waals surface area contributed by atoms with Gasteiger partial charge < -0.3 is 10.2 Å². The van der Waals surface area contributed by atoms with Gasteiger partial charge in [-0.1, -0.05) is 49.6 Å². The first-order valence-corrected chi connectivity index (χ1v) is 11.0. The van der Waals surface area contributed by atoms with Gasteiger partial charge in [0.05, 0.1) is 0 Å². The van der Waals surface area contributed by atoms with Crippen LogP contribution in [0.5, 0.6) is 0 Å². The fourth-order valence-electron chi connectivity index (χ4n) is 4.60. The SMILES string of the molecule is O=C(NC1CCN(C(=O)c2ccc(C3CCCCC3)cc2)CC1)c1ccccc1. The second kappa shape index (κ2) is 9.25. The molecule has 4 rings (SSSR count). The van der Waals surface area contributed by atoms with E-state index in [2.05, 4.69) is 17.4 Å². The monoisotopic (exact) mass is 390 g/mol. The summed E-state index contributed by atoms with van der Waals surface area (Å²) in [5, 5.41) is 3.10. The van der Waals surface area contributed by atoms with Gasteiger partial charge in [-0.15, -0.1) is 0 Å². The molecule has 4 nitrogen and oxygen atoms in total. The summed E-state index contributed by atoms with van der Waals surface area (Å²) in [6, 6.07) is 17.7. The van der Waals surface area contributed by atoms with E-state index >= 15 is 0 Å². The van der Waals surface area contributed by atoms with Crippen molar-refractivity contribution in [2.45, 2.75) is 56.9 Å². The maximum Gasteiger partial charge on any atom is 0.253 e. The highest BCUT2D eigenvalue weighted by Gasteiger charge is 2.25. The summed E-state index contributed by atoms with van der Waals surface area (Å²) in [4.78, 5) is 27.1. The van der Waals surface area contributed by atoms with Gasteiger partial charge in [0.1, 0.15) is 0 Å². The summed E-state index contributed by atoms with van der Waals surface area (Å²) in [5.41, 5.74) is 2.84.